The Kier molecular flexibility index (Phi) is 5.56. The number of rotatable bonds is 6. The third kappa shape index (κ3) is 4.44. The largest absolute Gasteiger partial charge is 0.366 e. The highest BCUT2D eigenvalue weighted by atomic mass is 35.5. The van der Waals surface area contributed by atoms with Crippen molar-refractivity contribution in [3.8, 4) is 11.3 Å². The molecule has 29 heavy (non-hydrogen) atoms. The Morgan fingerprint density at radius 2 is 1.97 bits per heavy atom. The zero-order valence-electron chi connectivity index (χ0n) is 16.0. The number of hydrogen-bond donors (Lipinski definition) is 2. The number of aryl methyl sites for hydroxylation is 1. The maximum atomic E-state index is 6.38. The van der Waals surface area contributed by atoms with Crippen LogP contribution in [0.2, 0.25) is 10.0 Å². The minimum atomic E-state index is 0.133. The van der Waals surface area contributed by atoms with Crippen LogP contribution in [-0.4, -0.2) is 31.9 Å². The number of hydrogen-bond acceptors (Lipinski definition) is 5. The first kappa shape index (κ1) is 19.5. The van der Waals surface area contributed by atoms with E-state index in [1.807, 2.05) is 48.0 Å². The number of fused-ring (bicyclic) bond motifs is 1. The van der Waals surface area contributed by atoms with Crippen molar-refractivity contribution in [2.24, 2.45) is 0 Å². The standard InChI is InChI=1S/C21H20Cl2N6/c1-13-3-6-19(25-11-13)27-14(2)12-26-21-28-18(10-20-24-7-8-29(20)21)16-5-4-15(22)9-17(16)23/h3-11,14H,12H2,1-2H3,(H,25,27)(H,26,28). The van der Waals surface area contributed by atoms with Gasteiger partial charge in [0, 0.05) is 47.8 Å². The summed E-state index contributed by atoms with van der Waals surface area (Å²) < 4.78 is 1.91. The molecule has 2 N–H and O–H groups in total. The number of imidazole rings is 1. The molecule has 0 aliphatic rings. The maximum absolute atomic E-state index is 6.38. The van der Waals surface area contributed by atoms with Crippen molar-refractivity contribution >= 4 is 40.6 Å². The van der Waals surface area contributed by atoms with Crippen LogP contribution in [-0.2, 0) is 0 Å². The van der Waals surface area contributed by atoms with Crippen LogP contribution in [0, 0.1) is 6.92 Å². The molecule has 0 bridgehead atoms. The van der Waals surface area contributed by atoms with Crippen LogP contribution >= 0.6 is 23.2 Å². The van der Waals surface area contributed by atoms with Crippen LogP contribution < -0.4 is 10.6 Å². The first-order chi connectivity index (χ1) is 14.0. The Morgan fingerprint density at radius 1 is 1.10 bits per heavy atom. The van der Waals surface area contributed by atoms with Crippen molar-refractivity contribution in [2.45, 2.75) is 19.9 Å². The molecule has 0 fully saturated rings. The van der Waals surface area contributed by atoms with Gasteiger partial charge in [0.05, 0.1) is 10.7 Å². The number of nitrogens with zero attached hydrogens (tertiary/aromatic N) is 4. The Hall–Kier alpha value is -2.83. The van der Waals surface area contributed by atoms with E-state index in [0.717, 1.165) is 28.3 Å². The molecular formula is C21H20Cl2N6. The lowest BCUT2D eigenvalue weighted by atomic mass is 10.1. The molecule has 4 rings (SSSR count). The van der Waals surface area contributed by atoms with Gasteiger partial charge in [0.2, 0.25) is 5.95 Å². The summed E-state index contributed by atoms with van der Waals surface area (Å²) in [5.74, 6) is 1.53. The van der Waals surface area contributed by atoms with Gasteiger partial charge in [-0.15, -0.1) is 0 Å². The first-order valence-electron chi connectivity index (χ1n) is 9.22. The molecular weight excluding hydrogens is 407 g/mol. The molecule has 6 nitrogen and oxygen atoms in total. The van der Waals surface area contributed by atoms with Gasteiger partial charge in [-0.3, -0.25) is 4.40 Å². The molecule has 0 saturated carbocycles. The van der Waals surface area contributed by atoms with Gasteiger partial charge < -0.3 is 10.6 Å². The van der Waals surface area contributed by atoms with Crippen LogP contribution in [0.5, 0.6) is 0 Å². The summed E-state index contributed by atoms with van der Waals surface area (Å²) in [5.41, 5.74) is 3.45. The van der Waals surface area contributed by atoms with E-state index < -0.39 is 0 Å². The highest BCUT2D eigenvalue weighted by Gasteiger charge is 2.12. The zero-order chi connectivity index (χ0) is 20.4. The lowest BCUT2D eigenvalue weighted by Gasteiger charge is -2.17. The lowest BCUT2D eigenvalue weighted by Crippen LogP contribution is -2.26. The van der Waals surface area contributed by atoms with E-state index in [1.165, 1.54) is 0 Å². The molecule has 0 saturated heterocycles. The molecule has 148 valence electrons. The number of pyridine rings is 1. The Morgan fingerprint density at radius 3 is 2.72 bits per heavy atom. The highest BCUT2D eigenvalue weighted by Crippen LogP contribution is 2.30. The third-order valence-electron chi connectivity index (χ3n) is 4.47. The van der Waals surface area contributed by atoms with Gasteiger partial charge in [0.25, 0.3) is 0 Å². The number of anilines is 2. The molecule has 0 aliphatic carbocycles. The topological polar surface area (TPSA) is 67.1 Å². The van der Waals surface area contributed by atoms with Gasteiger partial charge in [-0.1, -0.05) is 29.3 Å². The fraction of sp³-hybridized carbons (Fsp3) is 0.190. The van der Waals surface area contributed by atoms with Crippen LogP contribution in [0.4, 0.5) is 11.8 Å². The Balaban J connectivity index is 1.56. The van der Waals surface area contributed by atoms with E-state index in [4.69, 9.17) is 28.2 Å². The highest BCUT2D eigenvalue weighted by molar-refractivity contribution is 6.36. The van der Waals surface area contributed by atoms with Crippen LogP contribution in [0.3, 0.4) is 0 Å². The van der Waals surface area contributed by atoms with E-state index in [1.54, 1.807) is 18.3 Å². The summed E-state index contributed by atoms with van der Waals surface area (Å²) >= 11 is 12.4. The van der Waals surface area contributed by atoms with E-state index in [9.17, 15) is 0 Å². The van der Waals surface area contributed by atoms with Crippen LogP contribution in [0.1, 0.15) is 12.5 Å². The van der Waals surface area contributed by atoms with Crippen molar-refractivity contribution in [1.29, 1.82) is 0 Å². The summed E-state index contributed by atoms with van der Waals surface area (Å²) in [7, 11) is 0. The summed E-state index contributed by atoms with van der Waals surface area (Å²) in [5, 5.41) is 7.91. The molecule has 8 heteroatoms. The van der Waals surface area contributed by atoms with Crippen molar-refractivity contribution in [1.82, 2.24) is 19.4 Å². The average molecular weight is 427 g/mol. The number of benzene rings is 1. The van der Waals surface area contributed by atoms with Gasteiger partial charge in [-0.05, 0) is 43.7 Å². The summed E-state index contributed by atoms with van der Waals surface area (Å²) in [6.45, 7) is 4.75. The van der Waals surface area contributed by atoms with Crippen LogP contribution in [0.15, 0.2) is 55.0 Å². The molecule has 1 aromatic carbocycles. The minimum absolute atomic E-state index is 0.133. The van der Waals surface area contributed by atoms with Crippen molar-refractivity contribution in [3.05, 3.63) is 70.6 Å². The second kappa shape index (κ2) is 8.27. The second-order valence-electron chi connectivity index (χ2n) is 6.89. The average Bonchev–Trinajstić information content (AvgIpc) is 3.16. The smallest absolute Gasteiger partial charge is 0.209 e. The normalized spacial score (nSPS) is 12.1. The van der Waals surface area contributed by atoms with Crippen LogP contribution in [0.25, 0.3) is 16.9 Å². The van der Waals surface area contributed by atoms with Gasteiger partial charge in [0.1, 0.15) is 11.5 Å². The van der Waals surface area contributed by atoms with Gasteiger partial charge >= 0.3 is 0 Å². The quantitative estimate of drug-likeness (QED) is 0.436. The van der Waals surface area contributed by atoms with E-state index in [-0.39, 0.29) is 6.04 Å². The van der Waals surface area contributed by atoms with Crippen molar-refractivity contribution in [2.75, 3.05) is 17.2 Å². The van der Waals surface area contributed by atoms with E-state index in [2.05, 4.69) is 27.5 Å². The molecule has 1 atom stereocenters. The fourth-order valence-corrected chi connectivity index (χ4v) is 3.49. The maximum Gasteiger partial charge on any atom is 0.209 e. The summed E-state index contributed by atoms with van der Waals surface area (Å²) in [4.78, 5) is 13.6. The molecule has 3 aromatic heterocycles. The number of halogens is 2. The summed E-state index contributed by atoms with van der Waals surface area (Å²) in [6.07, 6.45) is 5.46. The molecule has 0 radical (unpaired) electrons. The second-order valence-corrected chi connectivity index (χ2v) is 7.74. The van der Waals surface area contributed by atoms with Gasteiger partial charge in [0.15, 0.2) is 0 Å². The Labute approximate surface area is 178 Å². The molecule has 0 aliphatic heterocycles. The molecule has 4 aromatic rings. The molecule has 0 amide bonds. The minimum Gasteiger partial charge on any atom is -0.366 e. The summed E-state index contributed by atoms with van der Waals surface area (Å²) in [6, 6.07) is 11.4. The zero-order valence-corrected chi connectivity index (χ0v) is 17.5. The predicted octanol–water partition coefficient (Wildman–Crippen LogP) is 5.32. The van der Waals surface area contributed by atoms with Gasteiger partial charge in [-0.2, -0.15) is 0 Å². The van der Waals surface area contributed by atoms with Gasteiger partial charge in [-0.25, -0.2) is 15.0 Å². The van der Waals surface area contributed by atoms with Crippen molar-refractivity contribution in [3.63, 3.8) is 0 Å². The number of aromatic nitrogens is 4. The number of nitrogens with one attached hydrogen (secondary N) is 2. The Bertz CT molecular complexity index is 1140. The predicted molar refractivity (Wildman–Crippen MR) is 119 cm³/mol. The molecule has 3 heterocycles. The monoisotopic (exact) mass is 426 g/mol. The molecule has 1 unspecified atom stereocenters. The molecule has 0 spiro atoms. The van der Waals surface area contributed by atoms with E-state index in [0.29, 0.717) is 22.5 Å². The lowest BCUT2D eigenvalue weighted by molar-refractivity contribution is 0.816. The fourth-order valence-electron chi connectivity index (χ4n) is 2.98. The third-order valence-corrected chi connectivity index (χ3v) is 5.02. The SMILES string of the molecule is Cc1ccc(NC(C)CNc2nc(-c3ccc(Cl)cc3Cl)cc3nccn23)nc1. The van der Waals surface area contributed by atoms with E-state index >= 15 is 0 Å². The van der Waals surface area contributed by atoms with Crippen molar-refractivity contribution < 1.29 is 0 Å². The first-order valence-corrected chi connectivity index (χ1v) is 9.98.